The van der Waals surface area contributed by atoms with E-state index in [9.17, 15) is 42.2 Å². The molecule has 11 nitrogen and oxygen atoms in total. The van der Waals surface area contributed by atoms with Gasteiger partial charge in [-0.15, -0.1) is 4.68 Å². The van der Waals surface area contributed by atoms with E-state index in [4.69, 9.17) is 27.2 Å². The maximum atomic E-state index is 13.4. The number of ketones is 1. The van der Waals surface area contributed by atoms with E-state index in [0.717, 1.165) is 22.4 Å². The quantitative estimate of drug-likeness (QED) is 0.220. The van der Waals surface area contributed by atoms with E-state index in [1.54, 1.807) is 13.8 Å². The number of halogens is 9. The van der Waals surface area contributed by atoms with Crippen molar-refractivity contribution in [2.75, 3.05) is 25.9 Å². The van der Waals surface area contributed by atoms with Gasteiger partial charge in [-0.2, -0.15) is 13.2 Å². The van der Waals surface area contributed by atoms with Gasteiger partial charge in [0.15, 0.2) is 11.7 Å². The number of carbonyl (C=O) groups excluding carboxylic acids is 3. The van der Waals surface area contributed by atoms with Crippen molar-refractivity contribution in [3.05, 3.63) is 40.5 Å². The number of nitrogens with two attached hydrogens (primary N) is 1. The molecule has 0 radical (unpaired) electrons. The zero-order chi connectivity index (χ0) is 32.5. The van der Waals surface area contributed by atoms with Crippen LogP contribution >= 0.6 is 21.8 Å². The summed E-state index contributed by atoms with van der Waals surface area (Å²) in [6, 6.07) is 2.34. The summed E-state index contributed by atoms with van der Waals surface area (Å²) >= 11 is 6.13. The monoisotopic (exact) mass is 656 g/mol. The molecule has 0 unspecified atom stereocenters. The van der Waals surface area contributed by atoms with E-state index in [0.29, 0.717) is 13.1 Å². The Morgan fingerprint density at radius 1 is 1.10 bits per heavy atom. The Balaban J connectivity index is 0.000000782. The minimum absolute atomic E-state index is 0.0199. The maximum absolute atomic E-state index is 13.4. The summed E-state index contributed by atoms with van der Waals surface area (Å²) in [5.41, 5.74) is 5.11. The van der Waals surface area contributed by atoms with Crippen LogP contribution in [0.2, 0.25) is 5.15 Å². The number of carbonyl (C=O) groups is 3. The van der Waals surface area contributed by atoms with Gasteiger partial charge in [0, 0.05) is 30.8 Å². The third-order valence-corrected chi connectivity index (χ3v) is 6.70. The van der Waals surface area contributed by atoms with E-state index in [-0.39, 0.29) is 34.4 Å². The summed E-state index contributed by atoms with van der Waals surface area (Å²) in [6.07, 6.45) is -5.19. The van der Waals surface area contributed by atoms with E-state index >= 15 is 0 Å². The average Bonchev–Trinajstić information content (AvgIpc) is 3.15. The molecule has 0 spiro atoms. The summed E-state index contributed by atoms with van der Waals surface area (Å²) in [6.45, 7) is 3.55. The standard InChI is InChI=1S/C19H20ClF5N6O3S.C2HF3O2/c1-4-29(5-2)18(33)14-9-16-30(28-19(26)31(16)27-17(14)20)10-15(32)11-6-12(34-3)8-13(7-11)35(21,22,23,24)25;3-2(4,5)1(6)7/h6-9H,4-5,10H2,1-3H3,(H-,26,27,28,33);(H,6,7). The number of carboxylic acids is 1. The van der Waals surface area contributed by atoms with Crippen molar-refractivity contribution >= 4 is 51.1 Å². The fourth-order valence-corrected chi connectivity index (χ4v) is 4.16. The Morgan fingerprint density at radius 3 is 2.10 bits per heavy atom. The first kappa shape index (κ1) is 34.3. The lowest BCUT2D eigenvalue weighted by Gasteiger charge is -2.40. The lowest BCUT2D eigenvalue weighted by atomic mass is 10.1. The number of nitrogen functional groups attached to an aromatic ring is 1. The van der Waals surface area contributed by atoms with Crippen molar-refractivity contribution in [3.8, 4) is 5.75 Å². The lowest BCUT2D eigenvalue weighted by Crippen LogP contribution is -2.41. The summed E-state index contributed by atoms with van der Waals surface area (Å²) in [7, 11) is -9.13. The number of Topliss-reactive ketones (excluding diaryl/α,β-unsaturated/α-hetero) is 1. The predicted molar refractivity (Wildman–Crippen MR) is 130 cm³/mol. The number of amides is 1. The van der Waals surface area contributed by atoms with Gasteiger partial charge in [-0.1, -0.05) is 40.6 Å². The van der Waals surface area contributed by atoms with Gasteiger partial charge in [0.05, 0.1) is 12.7 Å². The van der Waals surface area contributed by atoms with Gasteiger partial charge in [-0.05, 0) is 31.1 Å². The van der Waals surface area contributed by atoms with Crippen LogP contribution in [0.3, 0.4) is 0 Å². The van der Waals surface area contributed by atoms with Gasteiger partial charge in [-0.3, -0.25) is 9.59 Å². The molecule has 42 heavy (non-hydrogen) atoms. The van der Waals surface area contributed by atoms with Crippen LogP contribution in [0.25, 0.3) is 5.65 Å². The molecule has 0 atom stereocenters. The number of ether oxygens (including phenoxy) is 1. The highest BCUT2D eigenvalue weighted by Crippen LogP contribution is 3.02. The Labute approximate surface area is 236 Å². The summed E-state index contributed by atoms with van der Waals surface area (Å²) in [5, 5.41) is 16.5. The molecule has 0 aliphatic heterocycles. The van der Waals surface area contributed by atoms with Crippen molar-refractivity contribution in [3.63, 3.8) is 0 Å². The highest BCUT2D eigenvalue weighted by molar-refractivity contribution is 8.45. The minimum Gasteiger partial charge on any atom is -0.542 e. The highest BCUT2D eigenvalue weighted by Gasteiger charge is 2.65. The first-order valence-electron chi connectivity index (χ1n) is 11.2. The topological polar surface area (TPSA) is 147 Å². The third-order valence-electron chi connectivity index (χ3n) is 5.29. The molecule has 0 fully saturated rings. The van der Waals surface area contributed by atoms with E-state index in [2.05, 4.69) is 14.9 Å². The second-order valence-corrected chi connectivity index (χ2v) is 11.0. The Bertz CT molecular complexity index is 1550. The number of carboxylic acid groups (broad SMARTS) is 1. The Kier molecular flexibility index (Phi) is 9.01. The van der Waals surface area contributed by atoms with Gasteiger partial charge < -0.3 is 25.3 Å². The number of rotatable bonds is 8. The normalized spacial score (nSPS) is 13.4. The number of hydrogen-bond acceptors (Lipinski definition) is 8. The Hall–Kier alpha value is -3.94. The molecule has 2 N–H and O–H groups in total. The van der Waals surface area contributed by atoms with Gasteiger partial charge in [-0.25, -0.2) is 0 Å². The molecule has 0 bridgehead atoms. The molecule has 21 heteroatoms. The van der Waals surface area contributed by atoms with Crippen LogP contribution < -0.4 is 20.3 Å². The number of alkyl halides is 3. The summed E-state index contributed by atoms with van der Waals surface area (Å²) in [4.78, 5) is 33.6. The molecule has 0 saturated heterocycles. The van der Waals surface area contributed by atoms with Crippen molar-refractivity contribution in [2.45, 2.75) is 31.5 Å². The van der Waals surface area contributed by atoms with Crippen molar-refractivity contribution in [2.24, 2.45) is 0 Å². The predicted octanol–water partition coefficient (Wildman–Crippen LogP) is 3.58. The van der Waals surface area contributed by atoms with Gasteiger partial charge in [0.1, 0.15) is 16.6 Å². The van der Waals surface area contributed by atoms with Crippen LogP contribution in [0, 0.1) is 0 Å². The number of hydrogen-bond donors (Lipinski definition) is 1. The van der Waals surface area contributed by atoms with Crippen LogP contribution in [0.4, 0.5) is 38.5 Å². The van der Waals surface area contributed by atoms with Crippen LogP contribution in [0.15, 0.2) is 29.2 Å². The molecule has 1 aromatic carbocycles. The fourth-order valence-electron chi connectivity index (χ4n) is 3.26. The molecular formula is C21H21ClF8N6O5S. The second-order valence-electron chi connectivity index (χ2n) is 8.19. The maximum Gasteiger partial charge on any atom is 0.430 e. The molecule has 0 saturated carbocycles. The van der Waals surface area contributed by atoms with Crippen molar-refractivity contribution in [1.29, 1.82) is 0 Å². The number of anilines is 1. The zero-order valence-corrected chi connectivity index (χ0v) is 23.2. The minimum atomic E-state index is -10.1. The Morgan fingerprint density at radius 2 is 1.64 bits per heavy atom. The van der Waals surface area contributed by atoms with E-state index < -0.39 is 56.8 Å². The van der Waals surface area contributed by atoms with E-state index in [1.807, 2.05) is 0 Å². The number of methoxy groups -OCH3 is 1. The first-order chi connectivity index (χ1) is 18.9. The average molecular weight is 657 g/mol. The van der Waals surface area contributed by atoms with Gasteiger partial charge >= 0.3 is 28.0 Å². The molecule has 2 aromatic heterocycles. The lowest BCUT2D eigenvalue weighted by molar-refractivity contribution is -0.714. The molecule has 3 aromatic rings. The molecule has 234 valence electrons. The van der Waals surface area contributed by atoms with Gasteiger partial charge in [0.25, 0.3) is 5.91 Å². The second kappa shape index (κ2) is 11.0. The van der Waals surface area contributed by atoms with Crippen LogP contribution in [0.5, 0.6) is 5.75 Å². The smallest absolute Gasteiger partial charge is 0.430 e. The largest absolute Gasteiger partial charge is 0.542 e. The fraction of sp³-hybridized carbons (Fsp3) is 0.333. The molecule has 1 amide bonds. The number of aliphatic carboxylic acids is 1. The molecule has 0 aliphatic carbocycles. The molecule has 3 rings (SSSR count). The molecule has 0 aliphatic rings. The number of aromatic nitrogens is 4. The molecule has 2 heterocycles. The van der Waals surface area contributed by atoms with E-state index in [1.165, 1.54) is 11.0 Å². The van der Waals surface area contributed by atoms with Crippen LogP contribution in [0.1, 0.15) is 34.6 Å². The third kappa shape index (κ3) is 8.08. The van der Waals surface area contributed by atoms with Crippen molar-refractivity contribution in [1.82, 2.24) is 19.6 Å². The summed E-state index contributed by atoms with van der Waals surface area (Å²) in [5.74, 6) is -5.30. The summed E-state index contributed by atoms with van der Waals surface area (Å²) < 4.78 is 105. The van der Waals surface area contributed by atoms with Crippen LogP contribution in [-0.4, -0.2) is 63.6 Å². The van der Waals surface area contributed by atoms with Gasteiger partial charge in [0.2, 0.25) is 5.78 Å². The number of fused-ring (bicyclic) bond motifs is 1. The zero-order valence-electron chi connectivity index (χ0n) is 21.6. The number of benzene rings is 1. The van der Waals surface area contributed by atoms with Crippen molar-refractivity contribution < 1.29 is 61.5 Å². The SMILES string of the molecule is CCN(CC)C(=O)c1cc2n(nc1Cl)c(N)n[n+]2CC(=O)c1cc(OC)cc(S(F)(F)(F)(F)F)c1.O=C([O-])C(F)(F)F. The number of nitrogens with zero attached hydrogens (tertiary/aromatic N) is 5. The van der Waals surface area contributed by atoms with Crippen LogP contribution in [-0.2, 0) is 11.3 Å². The highest BCUT2D eigenvalue weighted by atomic mass is 35.5. The first-order valence-corrected chi connectivity index (χ1v) is 13.5. The molecular weight excluding hydrogens is 636 g/mol.